The Balaban J connectivity index is 0.000000158. The van der Waals surface area contributed by atoms with E-state index in [-0.39, 0.29) is 29.5 Å². The SMILES string of the molecule is COC(=O)C(O)c1c(C)ccc(C)c1-c1ccc2c(c1)CCCO2.COC(=O)C(OC(C)(C)C)c1c(C)ccc(C)c1-c1ccc2c(c1)CCCO2.COC(=O)C(OC(C)(C)C)c1c(C)ccc(C)c1-c1ccc2c(c1)CCCO2.COC(=O)C(OC(C)(C)C)c1c(C)ccc(C2CC2)c1-c1ccc2c(c1)CCCO2.COC(=O)C(OC(C)(C)C)c1c(C)ccc(O)c1-c1ccc2c(c1)CCCO2.OB(O)C1CC1. The van der Waals surface area contributed by atoms with Crippen LogP contribution in [0.5, 0.6) is 34.5 Å². The summed E-state index contributed by atoms with van der Waals surface area (Å²) < 4.78 is 78.6. The minimum Gasteiger partial charge on any atom is -0.507 e. The van der Waals surface area contributed by atoms with Gasteiger partial charge in [0.25, 0.3) is 0 Å². The number of aryl methyl sites for hydroxylation is 13. The Hall–Kier alpha value is -11.9. The number of fused-ring (bicyclic) bond motifs is 5. The largest absolute Gasteiger partial charge is 0.507 e. The summed E-state index contributed by atoms with van der Waals surface area (Å²) in [6, 6.07) is 50.9. The highest BCUT2D eigenvalue weighted by Crippen LogP contribution is 2.52. The van der Waals surface area contributed by atoms with Crippen LogP contribution in [0, 0.1) is 55.4 Å². The Labute approximate surface area is 851 Å². The van der Waals surface area contributed by atoms with E-state index in [0.29, 0.717) is 22.6 Å². The highest BCUT2D eigenvalue weighted by molar-refractivity contribution is 6.44. The normalized spacial score (nSPS) is 15.5. The van der Waals surface area contributed by atoms with Crippen molar-refractivity contribution in [3.63, 3.8) is 0 Å². The molecule has 0 aromatic heterocycles. The summed E-state index contributed by atoms with van der Waals surface area (Å²) in [4.78, 5) is 62.8. The van der Waals surface area contributed by atoms with Crippen molar-refractivity contribution >= 4 is 37.0 Å². The number of phenols is 1. The van der Waals surface area contributed by atoms with Crippen molar-refractivity contribution in [3.05, 3.63) is 257 Å². The molecular formula is C120H149BO23. The van der Waals surface area contributed by atoms with Crippen LogP contribution in [0.3, 0.4) is 0 Å². The number of aliphatic hydroxyl groups excluding tert-OH is 1. The van der Waals surface area contributed by atoms with Crippen molar-refractivity contribution in [1.82, 2.24) is 0 Å². The van der Waals surface area contributed by atoms with Crippen LogP contribution in [0.2, 0.25) is 5.82 Å². The van der Waals surface area contributed by atoms with Crippen molar-refractivity contribution < 1.29 is 111 Å². The quantitative estimate of drug-likeness (QED) is 0.0295. The Morgan fingerprint density at radius 3 is 0.799 bits per heavy atom. The van der Waals surface area contributed by atoms with Crippen molar-refractivity contribution in [2.24, 2.45) is 0 Å². The number of aromatic hydroxyl groups is 1. The fourth-order valence-corrected chi connectivity index (χ4v) is 19.1. The van der Waals surface area contributed by atoms with Crippen LogP contribution in [0.4, 0.5) is 0 Å². The lowest BCUT2D eigenvalue weighted by Crippen LogP contribution is -2.29. The van der Waals surface area contributed by atoms with E-state index in [0.717, 1.165) is 261 Å². The molecule has 144 heavy (non-hydrogen) atoms. The minimum atomic E-state index is -1.29. The molecule has 17 rings (SSSR count). The maximum absolute atomic E-state index is 12.9. The van der Waals surface area contributed by atoms with E-state index in [4.69, 9.17) is 76.4 Å². The summed E-state index contributed by atoms with van der Waals surface area (Å²) in [7, 11) is 5.83. The monoisotopic (exact) mass is 1970 g/mol. The summed E-state index contributed by atoms with van der Waals surface area (Å²) in [6.45, 7) is 43.1. The van der Waals surface area contributed by atoms with Crippen molar-refractivity contribution in [1.29, 1.82) is 0 Å². The van der Waals surface area contributed by atoms with Crippen molar-refractivity contribution in [3.8, 4) is 90.1 Å². The molecule has 2 aliphatic carbocycles. The first-order valence-electron chi connectivity index (χ1n) is 50.5. The van der Waals surface area contributed by atoms with Gasteiger partial charge in [0.05, 0.1) is 91.0 Å². The van der Waals surface area contributed by atoms with Gasteiger partial charge in [0.15, 0.2) is 30.5 Å². The van der Waals surface area contributed by atoms with E-state index in [1.165, 1.54) is 70.6 Å². The lowest BCUT2D eigenvalue weighted by Gasteiger charge is -2.30. The average molecular weight is 1970 g/mol. The Kier molecular flexibility index (Phi) is 37.3. The third kappa shape index (κ3) is 28.3. The van der Waals surface area contributed by atoms with Crippen LogP contribution in [0.15, 0.2) is 152 Å². The molecule has 0 bridgehead atoms. The molecule has 24 heteroatoms. The number of rotatable bonds is 21. The van der Waals surface area contributed by atoms with Gasteiger partial charge in [-0.05, 0) is 422 Å². The highest BCUT2D eigenvalue weighted by atomic mass is 16.6. The Morgan fingerprint density at radius 2 is 0.542 bits per heavy atom. The molecule has 2 saturated carbocycles. The van der Waals surface area contributed by atoms with Crippen LogP contribution in [-0.4, -0.2) is 148 Å². The number of hydrogen-bond donors (Lipinski definition) is 4. The van der Waals surface area contributed by atoms with Gasteiger partial charge in [0.2, 0.25) is 0 Å². The van der Waals surface area contributed by atoms with Gasteiger partial charge >= 0.3 is 37.0 Å². The van der Waals surface area contributed by atoms with Crippen molar-refractivity contribution in [2.75, 3.05) is 68.6 Å². The molecule has 5 atom stereocenters. The third-order valence-electron chi connectivity index (χ3n) is 26.3. The maximum atomic E-state index is 12.9. The molecule has 770 valence electrons. The number of hydrogen-bond acceptors (Lipinski definition) is 23. The molecule has 0 saturated heterocycles. The second-order valence-electron chi connectivity index (χ2n) is 42.3. The molecule has 7 aliphatic rings. The maximum Gasteiger partial charge on any atom is 0.454 e. The van der Waals surface area contributed by atoms with Crippen LogP contribution in [-0.2, 0) is 98.7 Å². The number of ether oxygens (including phenoxy) is 14. The van der Waals surface area contributed by atoms with E-state index in [1.807, 2.05) is 184 Å². The molecule has 0 radical (unpaired) electrons. The van der Waals surface area contributed by atoms with E-state index in [2.05, 4.69) is 93.6 Å². The lowest BCUT2D eigenvalue weighted by atomic mass is 9.84. The minimum absolute atomic E-state index is 0.101. The van der Waals surface area contributed by atoms with Crippen LogP contribution in [0.1, 0.15) is 283 Å². The average Bonchev–Trinajstić information content (AvgIpc) is 1.49. The van der Waals surface area contributed by atoms with Gasteiger partial charge in [0.1, 0.15) is 34.5 Å². The van der Waals surface area contributed by atoms with Gasteiger partial charge in [-0.3, -0.25) is 0 Å². The molecule has 5 unspecified atom stereocenters. The molecule has 10 aromatic carbocycles. The summed E-state index contributed by atoms with van der Waals surface area (Å²) in [5, 5.41) is 37.7. The smallest absolute Gasteiger partial charge is 0.454 e. The molecule has 4 N–H and O–H groups in total. The molecule has 23 nitrogen and oxygen atoms in total. The van der Waals surface area contributed by atoms with Gasteiger partial charge < -0.3 is 86.6 Å². The van der Waals surface area contributed by atoms with Gasteiger partial charge in [-0.15, -0.1) is 0 Å². The highest BCUT2D eigenvalue weighted by Gasteiger charge is 2.41. The molecule has 0 spiro atoms. The van der Waals surface area contributed by atoms with E-state index < -0.39 is 72.0 Å². The zero-order chi connectivity index (χ0) is 105. The fraction of sp³-hybridized carbons (Fsp3) is 0.458. The third-order valence-corrected chi connectivity index (χ3v) is 26.3. The summed E-state index contributed by atoms with van der Waals surface area (Å²) in [5.74, 6) is 3.27. The van der Waals surface area contributed by atoms with Crippen molar-refractivity contribution in [2.45, 2.75) is 293 Å². The predicted molar refractivity (Wildman–Crippen MR) is 563 cm³/mol. The number of benzene rings is 10. The van der Waals surface area contributed by atoms with E-state index in [1.54, 1.807) is 12.1 Å². The number of esters is 5. The first kappa shape index (κ1) is 111. The summed E-state index contributed by atoms with van der Waals surface area (Å²) in [6.07, 6.45) is 9.75. The Morgan fingerprint density at radius 1 is 0.306 bits per heavy atom. The van der Waals surface area contributed by atoms with E-state index in [9.17, 15) is 34.2 Å². The summed E-state index contributed by atoms with van der Waals surface area (Å²) >= 11 is 0. The molecule has 5 aliphatic heterocycles. The van der Waals surface area contributed by atoms with Gasteiger partial charge in [0, 0.05) is 33.4 Å². The van der Waals surface area contributed by atoms with Gasteiger partial charge in [-0.1, -0.05) is 97.8 Å². The topological polar surface area (TPSA) is 295 Å². The van der Waals surface area contributed by atoms with Crippen LogP contribution >= 0.6 is 0 Å². The first-order chi connectivity index (χ1) is 68.2. The van der Waals surface area contributed by atoms with Crippen LogP contribution in [0.25, 0.3) is 55.6 Å². The van der Waals surface area contributed by atoms with Crippen LogP contribution < -0.4 is 23.7 Å². The number of methoxy groups -OCH3 is 5. The Bertz CT molecular complexity index is 5880. The molecule has 5 heterocycles. The second-order valence-corrected chi connectivity index (χ2v) is 42.3. The number of phenolic OH excluding ortho intramolecular Hbond substituents is 1. The standard InChI is InChI=1S/C26H32O4.2C24H30O4.C23H28O5.C20H22O4.C3H7BO2/c1-16-8-12-20(17-9-10-17)23(19-11-13-21-18(15-19)7-6-14-29-21)22(16)24(25(27)28-5)30-26(2,3)4;2*1-15-9-10-16(2)21(22(23(25)26-6)28-24(3,4)5)20(15)18-11-12-19-17(14-18)8-7-13-27-19;1-14-8-10-17(24)20(16-9-11-18-15(13-16)7-6-12-27-18)19(14)21(22(25)26-5)28-23(2,3)4;1-12-6-7-13(2)18(19(21)20(22)23-3)17(12)15-8-9-16-14(11-15)5-4-10-24-16;5-4(6)3-1-2-3/h8,11-13,15,17,24H,6-7,9-10,14H2,1-5H3;2*9-12,14,22H,7-8,13H2,1-6H3;8-11,13,21,24H,6-7,12H2,1-5H3;6-9,11,19,21H,4-5,10H2,1-3H3;3,5-6H,1-2H2. The molecular weight excluding hydrogens is 1820 g/mol. The van der Waals surface area contributed by atoms with E-state index >= 15 is 0 Å². The summed E-state index contributed by atoms with van der Waals surface area (Å²) in [5.41, 5.74) is 26.9. The number of carbonyl (C=O) groups is 5. The zero-order valence-electron chi connectivity index (χ0n) is 89.0. The lowest BCUT2D eigenvalue weighted by molar-refractivity contribution is -0.164. The molecule has 10 aromatic rings. The fourth-order valence-electron chi connectivity index (χ4n) is 19.1. The van der Waals surface area contributed by atoms with Gasteiger partial charge in [-0.25, -0.2) is 24.0 Å². The predicted octanol–water partition coefficient (Wildman–Crippen LogP) is 24.4. The molecule has 0 amide bonds. The second kappa shape index (κ2) is 48.4. The number of carbonyl (C=O) groups excluding carboxylic acids is 5. The molecule has 2 fully saturated rings. The first-order valence-corrected chi connectivity index (χ1v) is 50.5. The number of aliphatic hydroxyl groups is 1. The van der Waals surface area contributed by atoms with Gasteiger partial charge in [-0.2, -0.15) is 0 Å². The zero-order valence-corrected chi connectivity index (χ0v) is 89.0.